The highest BCUT2D eigenvalue weighted by molar-refractivity contribution is 5.71. The van der Waals surface area contributed by atoms with E-state index in [-0.39, 0.29) is 38.4 Å². The molecule has 0 spiro atoms. The first-order valence-corrected chi connectivity index (χ1v) is 28.3. The molecule has 0 amide bonds. The number of carbonyl (C=O) groups is 3. The zero-order valence-electron chi connectivity index (χ0n) is 46.1. The molecule has 0 aliphatic carbocycles. The second kappa shape index (κ2) is 59.1. The molecule has 0 fully saturated rings. The molecule has 6 nitrogen and oxygen atoms in total. The van der Waals surface area contributed by atoms with Crippen molar-refractivity contribution in [1.29, 1.82) is 0 Å². The van der Waals surface area contributed by atoms with E-state index in [4.69, 9.17) is 14.2 Å². The molecule has 0 aliphatic rings. The minimum Gasteiger partial charge on any atom is -0.462 e. The number of allylic oxidation sites excluding steroid dienone is 30. The van der Waals surface area contributed by atoms with Gasteiger partial charge in [-0.1, -0.05) is 229 Å². The van der Waals surface area contributed by atoms with E-state index in [1.807, 2.05) is 24.3 Å². The van der Waals surface area contributed by atoms with Gasteiger partial charge in [0.05, 0.1) is 0 Å². The van der Waals surface area contributed by atoms with Crippen molar-refractivity contribution in [3.8, 4) is 0 Å². The maximum absolute atomic E-state index is 12.8. The first-order chi connectivity index (χ1) is 36.0. The fourth-order valence-electron chi connectivity index (χ4n) is 6.68. The van der Waals surface area contributed by atoms with Crippen LogP contribution in [0.15, 0.2) is 182 Å². The summed E-state index contributed by atoms with van der Waals surface area (Å²) in [4.78, 5) is 38.1. The van der Waals surface area contributed by atoms with E-state index in [1.165, 1.54) is 51.4 Å². The molecular formula is C67H100O6. The first-order valence-electron chi connectivity index (χ1n) is 28.3. The van der Waals surface area contributed by atoms with Crippen LogP contribution in [0.5, 0.6) is 0 Å². The molecule has 0 unspecified atom stereocenters. The fraction of sp³-hybridized carbons (Fsp3) is 0.507. The van der Waals surface area contributed by atoms with Crippen molar-refractivity contribution in [1.82, 2.24) is 0 Å². The first kappa shape index (κ1) is 67.5. The second-order valence-corrected chi connectivity index (χ2v) is 17.7. The van der Waals surface area contributed by atoms with Crippen molar-refractivity contribution in [2.45, 2.75) is 207 Å². The maximum atomic E-state index is 12.8. The molecule has 1 atom stereocenters. The van der Waals surface area contributed by atoms with Crippen molar-refractivity contribution >= 4 is 17.9 Å². The van der Waals surface area contributed by atoms with Gasteiger partial charge in [0.2, 0.25) is 0 Å². The van der Waals surface area contributed by atoms with Gasteiger partial charge in [-0.05, 0) is 135 Å². The molecule has 0 aromatic carbocycles. The van der Waals surface area contributed by atoms with Gasteiger partial charge < -0.3 is 14.2 Å². The van der Waals surface area contributed by atoms with Crippen molar-refractivity contribution in [2.24, 2.45) is 0 Å². The van der Waals surface area contributed by atoms with Crippen LogP contribution in [0.3, 0.4) is 0 Å². The standard InChI is InChI=1S/C67H100O6/c1-4-7-10-13-16-19-22-25-28-31-33-36-39-42-45-48-51-54-57-60-66(69)72-63-64(62-71-65(68)59-56-53-50-47-44-41-38-35-30-27-24-21-18-15-12-9-6-3)73-67(70)61-58-55-52-49-46-43-40-37-34-32-29-26-23-20-17-14-11-8-5-2/h8,11,16-21,25-30,33-34,36-38,41-43,45-47,50-52,54-55,64H,4-7,9-10,12-15,22-24,31-32,35,39-40,44,48-49,53,56-63H2,1-3H3/b11-8-,19-16-,20-17-,21-18-,28-25-,29-26-,30-27-,36-33-,37-34-,41-38-,45-42-,46-43-,50-47-,54-51-,55-52-/t64-/m0/s1. The Morgan fingerprint density at radius 1 is 0.288 bits per heavy atom. The zero-order valence-corrected chi connectivity index (χ0v) is 46.1. The van der Waals surface area contributed by atoms with Gasteiger partial charge in [-0.25, -0.2) is 0 Å². The predicted octanol–water partition coefficient (Wildman–Crippen LogP) is 19.3. The summed E-state index contributed by atoms with van der Waals surface area (Å²) >= 11 is 0. The fourth-order valence-corrected chi connectivity index (χ4v) is 6.68. The van der Waals surface area contributed by atoms with Crippen LogP contribution in [0.4, 0.5) is 0 Å². The third kappa shape index (κ3) is 57.3. The number of rotatable bonds is 48. The predicted molar refractivity (Wildman–Crippen MR) is 315 cm³/mol. The Labute approximate surface area is 446 Å². The lowest BCUT2D eigenvalue weighted by molar-refractivity contribution is -0.166. The van der Waals surface area contributed by atoms with Crippen LogP contribution in [0.2, 0.25) is 0 Å². The third-order valence-electron chi connectivity index (χ3n) is 10.9. The Kier molecular flexibility index (Phi) is 54.6. The summed E-state index contributed by atoms with van der Waals surface area (Å²) in [6, 6.07) is 0. The Balaban J connectivity index is 4.74. The lowest BCUT2D eigenvalue weighted by Crippen LogP contribution is -2.30. The molecule has 6 heteroatoms. The minimum atomic E-state index is -0.882. The molecule has 0 aliphatic heterocycles. The Morgan fingerprint density at radius 2 is 0.548 bits per heavy atom. The van der Waals surface area contributed by atoms with Gasteiger partial charge in [0.1, 0.15) is 13.2 Å². The largest absolute Gasteiger partial charge is 0.462 e. The lowest BCUT2D eigenvalue weighted by Gasteiger charge is -2.18. The van der Waals surface area contributed by atoms with Gasteiger partial charge in [0.25, 0.3) is 0 Å². The van der Waals surface area contributed by atoms with Gasteiger partial charge in [0, 0.05) is 19.3 Å². The number of hydrogen-bond acceptors (Lipinski definition) is 6. The molecule has 0 N–H and O–H groups in total. The van der Waals surface area contributed by atoms with Crippen LogP contribution >= 0.6 is 0 Å². The third-order valence-corrected chi connectivity index (χ3v) is 10.9. The number of hydrogen-bond donors (Lipinski definition) is 0. The molecule has 0 saturated heterocycles. The van der Waals surface area contributed by atoms with E-state index >= 15 is 0 Å². The molecular weight excluding hydrogens is 901 g/mol. The lowest BCUT2D eigenvalue weighted by atomic mass is 10.2. The van der Waals surface area contributed by atoms with E-state index in [0.717, 1.165) is 89.9 Å². The summed E-state index contributed by atoms with van der Waals surface area (Å²) in [6.07, 6.45) is 89.1. The molecule has 0 aromatic rings. The minimum absolute atomic E-state index is 0.167. The molecule has 0 heterocycles. The number of carbonyl (C=O) groups excluding carboxylic acids is 3. The molecule has 0 saturated carbocycles. The number of unbranched alkanes of at least 4 members (excludes halogenated alkanes) is 7. The molecule has 0 radical (unpaired) electrons. The van der Waals surface area contributed by atoms with Crippen LogP contribution < -0.4 is 0 Å². The summed E-state index contributed by atoms with van der Waals surface area (Å²) < 4.78 is 16.6. The van der Waals surface area contributed by atoms with Gasteiger partial charge >= 0.3 is 17.9 Å². The second-order valence-electron chi connectivity index (χ2n) is 17.7. The van der Waals surface area contributed by atoms with Crippen molar-refractivity contribution < 1.29 is 28.6 Å². The molecule has 404 valence electrons. The highest BCUT2D eigenvalue weighted by atomic mass is 16.6. The number of esters is 3. The van der Waals surface area contributed by atoms with Crippen molar-refractivity contribution in [2.75, 3.05) is 13.2 Å². The monoisotopic (exact) mass is 1000 g/mol. The van der Waals surface area contributed by atoms with Crippen molar-refractivity contribution in [3.05, 3.63) is 182 Å². The van der Waals surface area contributed by atoms with E-state index in [9.17, 15) is 14.4 Å². The molecule has 0 aromatic heterocycles. The van der Waals surface area contributed by atoms with Crippen LogP contribution in [-0.2, 0) is 28.6 Å². The summed E-state index contributed by atoms with van der Waals surface area (Å²) in [5.41, 5.74) is 0. The highest BCUT2D eigenvalue weighted by Gasteiger charge is 2.19. The molecule has 73 heavy (non-hydrogen) atoms. The van der Waals surface area contributed by atoms with E-state index in [2.05, 4.69) is 179 Å². The maximum Gasteiger partial charge on any atom is 0.306 e. The van der Waals surface area contributed by atoms with E-state index in [0.29, 0.717) is 19.3 Å². The zero-order chi connectivity index (χ0) is 52.9. The normalized spacial score (nSPS) is 13.5. The Hall–Kier alpha value is -5.49. The molecule has 0 rings (SSSR count). The van der Waals surface area contributed by atoms with Crippen molar-refractivity contribution in [3.63, 3.8) is 0 Å². The summed E-state index contributed by atoms with van der Waals surface area (Å²) in [6.45, 7) is 6.26. The topological polar surface area (TPSA) is 78.9 Å². The van der Waals surface area contributed by atoms with Gasteiger partial charge in [-0.3, -0.25) is 14.4 Å². The average Bonchev–Trinajstić information content (AvgIpc) is 3.39. The summed E-state index contributed by atoms with van der Waals surface area (Å²) in [7, 11) is 0. The molecule has 0 bridgehead atoms. The van der Waals surface area contributed by atoms with E-state index in [1.54, 1.807) is 0 Å². The van der Waals surface area contributed by atoms with Crippen LogP contribution in [0.25, 0.3) is 0 Å². The average molecular weight is 1000 g/mol. The highest BCUT2D eigenvalue weighted by Crippen LogP contribution is 2.08. The van der Waals surface area contributed by atoms with Gasteiger partial charge in [-0.15, -0.1) is 0 Å². The van der Waals surface area contributed by atoms with Crippen LogP contribution in [0.1, 0.15) is 201 Å². The van der Waals surface area contributed by atoms with Crippen LogP contribution in [0, 0.1) is 0 Å². The van der Waals surface area contributed by atoms with E-state index < -0.39 is 18.0 Å². The summed E-state index contributed by atoms with van der Waals surface area (Å²) in [5, 5.41) is 0. The SMILES string of the molecule is CC/C=C\C/C=C\C/C=C\C/C=C\C/C=C\C/C=C\CCC(=O)O[C@H](COC(=O)CC/C=C\C/C=C\C/C=C\C/C=C\C/C=C\CCCCC)COC(=O)CCC/C=C\C/C=C\C/C=C\C/C=C\CCCCC. The Bertz CT molecular complexity index is 1770. The van der Waals surface area contributed by atoms with Gasteiger partial charge in [0.15, 0.2) is 6.10 Å². The Morgan fingerprint density at radius 3 is 0.863 bits per heavy atom. The quantitative estimate of drug-likeness (QED) is 0.0262. The van der Waals surface area contributed by atoms with Gasteiger partial charge in [-0.2, -0.15) is 0 Å². The smallest absolute Gasteiger partial charge is 0.306 e. The summed E-state index contributed by atoms with van der Waals surface area (Å²) in [5.74, 6) is -1.20. The number of ether oxygens (including phenoxy) is 3. The van der Waals surface area contributed by atoms with Crippen LogP contribution in [-0.4, -0.2) is 37.2 Å².